The van der Waals surface area contributed by atoms with Crippen molar-refractivity contribution in [3.8, 4) is 0 Å². The number of ether oxygens (including phenoxy) is 2. The fourth-order valence-corrected chi connectivity index (χ4v) is 3.36. The lowest BCUT2D eigenvalue weighted by atomic mass is 10.1. The van der Waals surface area contributed by atoms with E-state index in [1.165, 1.54) is 25.7 Å². The molecule has 2 unspecified atom stereocenters. The number of unbranched alkanes of at least 4 members (excludes halogenated alkanes) is 5. The number of aliphatic imine (C=N–C) groups is 1. The molecule has 2 aromatic rings. The highest BCUT2D eigenvalue weighted by Crippen LogP contribution is 2.17. The Hall–Kier alpha value is -2.46. The number of carbonyl (C=O) groups excluding carboxylic acids is 1. The van der Waals surface area contributed by atoms with Gasteiger partial charge in [0, 0.05) is 12.8 Å². The highest BCUT2D eigenvalue weighted by atomic mass is 16.6. The van der Waals surface area contributed by atoms with Crippen LogP contribution in [0.2, 0.25) is 0 Å². The summed E-state index contributed by atoms with van der Waals surface area (Å²) in [6, 6.07) is 19.0. The first kappa shape index (κ1) is 24.8. The summed E-state index contributed by atoms with van der Waals surface area (Å²) in [5.74, 6) is -0.331. The Morgan fingerprint density at radius 3 is 2.19 bits per heavy atom. The van der Waals surface area contributed by atoms with Crippen molar-refractivity contribution < 1.29 is 14.3 Å². The topological polar surface area (TPSA) is 47.9 Å². The van der Waals surface area contributed by atoms with Crippen LogP contribution in [0, 0.1) is 0 Å². The van der Waals surface area contributed by atoms with Gasteiger partial charge in [0.05, 0.1) is 5.56 Å². The Morgan fingerprint density at radius 1 is 0.871 bits per heavy atom. The number of carbonyl (C=O) groups is 1. The maximum Gasteiger partial charge on any atom is 0.338 e. The summed E-state index contributed by atoms with van der Waals surface area (Å²) >= 11 is 0. The van der Waals surface area contributed by atoms with Crippen LogP contribution in [0.15, 0.2) is 65.7 Å². The molecule has 0 heterocycles. The van der Waals surface area contributed by atoms with Gasteiger partial charge in [-0.1, -0.05) is 101 Å². The van der Waals surface area contributed by atoms with E-state index in [-0.39, 0.29) is 5.97 Å². The van der Waals surface area contributed by atoms with Crippen molar-refractivity contribution in [1.29, 1.82) is 0 Å². The summed E-state index contributed by atoms with van der Waals surface area (Å²) in [5, 5.41) is 0. The van der Waals surface area contributed by atoms with Crippen molar-refractivity contribution in [2.45, 2.75) is 77.5 Å². The second kappa shape index (κ2) is 15.4. The summed E-state index contributed by atoms with van der Waals surface area (Å²) in [6.45, 7) is 4.92. The zero-order valence-electron chi connectivity index (χ0n) is 19.0. The van der Waals surface area contributed by atoms with Gasteiger partial charge in [0.15, 0.2) is 6.23 Å². The normalized spacial score (nSPS) is 13.2. The van der Waals surface area contributed by atoms with Crippen molar-refractivity contribution in [3.63, 3.8) is 0 Å². The number of hydrogen-bond donors (Lipinski definition) is 0. The Labute approximate surface area is 187 Å². The maximum absolute atomic E-state index is 12.7. The molecule has 0 saturated heterocycles. The Kier molecular flexibility index (Phi) is 12.3. The van der Waals surface area contributed by atoms with Crippen molar-refractivity contribution >= 4 is 12.2 Å². The minimum Gasteiger partial charge on any atom is -0.454 e. The molecule has 0 radical (unpaired) electrons. The number of rotatable bonds is 15. The fraction of sp³-hybridized carbons (Fsp3) is 0.481. The predicted molar refractivity (Wildman–Crippen MR) is 128 cm³/mol. The Balaban J connectivity index is 2.03. The molecule has 2 aromatic carbocycles. The molecule has 0 aliphatic rings. The van der Waals surface area contributed by atoms with Crippen molar-refractivity contribution in [3.05, 3.63) is 71.8 Å². The molecule has 0 saturated carbocycles. The van der Waals surface area contributed by atoms with E-state index in [9.17, 15) is 4.79 Å². The number of esters is 1. The molecule has 0 aliphatic heterocycles. The molecular formula is C27H37NO3. The first-order valence-electron chi connectivity index (χ1n) is 11.7. The van der Waals surface area contributed by atoms with E-state index in [0.29, 0.717) is 18.6 Å². The highest BCUT2D eigenvalue weighted by Gasteiger charge is 2.25. The number of nitrogens with zero attached hydrogens (tertiary/aromatic N) is 1. The molecule has 4 nitrogen and oxygen atoms in total. The summed E-state index contributed by atoms with van der Waals surface area (Å²) < 4.78 is 12.0. The van der Waals surface area contributed by atoms with E-state index >= 15 is 0 Å². The quantitative estimate of drug-likeness (QED) is 0.179. The van der Waals surface area contributed by atoms with Gasteiger partial charge in [-0.3, -0.25) is 4.99 Å². The zero-order valence-corrected chi connectivity index (χ0v) is 19.0. The van der Waals surface area contributed by atoms with Gasteiger partial charge in [-0.25, -0.2) is 4.79 Å². The zero-order chi connectivity index (χ0) is 22.2. The average Bonchev–Trinajstić information content (AvgIpc) is 2.81. The molecule has 0 N–H and O–H groups in total. The molecule has 0 aliphatic carbocycles. The lowest BCUT2D eigenvalue weighted by molar-refractivity contribution is -0.0525. The first-order valence-corrected chi connectivity index (χ1v) is 11.7. The molecule has 2 rings (SSSR count). The predicted octanol–water partition coefficient (Wildman–Crippen LogP) is 6.83. The van der Waals surface area contributed by atoms with Crippen molar-refractivity contribution in [1.82, 2.24) is 0 Å². The van der Waals surface area contributed by atoms with E-state index in [0.717, 1.165) is 24.8 Å². The largest absolute Gasteiger partial charge is 0.454 e. The molecule has 0 spiro atoms. The second-order valence-corrected chi connectivity index (χ2v) is 7.82. The lowest BCUT2D eigenvalue weighted by Gasteiger charge is -2.24. The Bertz CT molecular complexity index is 746. The monoisotopic (exact) mass is 423 g/mol. The van der Waals surface area contributed by atoms with Gasteiger partial charge in [-0.15, -0.1) is 0 Å². The lowest BCUT2D eigenvalue weighted by Crippen LogP contribution is -2.33. The van der Waals surface area contributed by atoms with Crippen molar-refractivity contribution in [2.75, 3.05) is 6.61 Å². The van der Waals surface area contributed by atoms with E-state index in [2.05, 4.69) is 18.8 Å². The number of hydrogen-bond acceptors (Lipinski definition) is 4. The van der Waals surface area contributed by atoms with Gasteiger partial charge in [0.25, 0.3) is 0 Å². The second-order valence-electron chi connectivity index (χ2n) is 7.82. The maximum atomic E-state index is 12.7. The minimum absolute atomic E-state index is 0.331. The van der Waals surface area contributed by atoms with E-state index in [4.69, 9.17) is 9.47 Å². The summed E-state index contributed by atoms with van der Waals surface area (Å²) in [4.78, 5) is 17.3. The van der Waals surface area contributed by atoms with E-state index in [1.807, 2.05) is 54.7 Å². The van der Waals surface area contributed by atoms with E-state index in [1.54, 1.807) is 12.1 Å². The molecule has 4 heteroatoms. The van der Waals surface area contributed by atoms with E-state index < -0.39 is 12.3 Å². The summed E-state index contributed by atoms with van der Waals surface area (Å²) in [7, 11) is 0. The average molecular weight is 424 g/mol. The van der Waals surface area contributed by atoms with Gasteiger partial charge in [-0.05, 0) is 30.5 Å². The van der Waals surface area contributed by atoms with Gasteiger partial charge in [0.2, 0.25) is 0 Å². The summed E-state index contributed by atoms with van der Waals surface area (Å²) in [5.41, 5.74) is 1.55. The van der Waals surface area contributed by atoms with Gasteiger partial charge >= 0.3 is 5.97 Å². The molecule has 0 bridgehead atoms. The van der Waals surface area contributed by atoms with Crippen LogP contribution in [0.5, 0.6) is 0 Å². The number of benzene rings is 2. The minimum atomic E-state index is -0.511. The van der Waals surface area contributed by atoms with Gasteiger partial charge in [0.1, 0.15) is 6.10 Å². The SMILES string of the molecule is CCCCCCCCOC(/N=C/c1ccccc1)C(CCC)OC(=O)c1ccccc1. The molecule has 2 atom stereocenters. The van der Waals surface area contributed by atoms with Crippen LogP contribution in [0.3, 0.4) is 0 Å². The third kappa shape index (κ3) is 9.93. The van der Waals surface area contributed by atoms with Crippen LogP contribution in [-0.2, 0) is 9.47 Å². The fourth-order valence-electron chi connectivity index (χ4n) is 3.36. The molecule has 0 aromatic heterocycles. The van der Waals surface area contributed by atoms with Crippen LogP contribution in [0.25, 0.3) is 0 Å². The first-order chi connectivity index (χ1) is 15.2. The van der Waals surface area contributed by atoms with Crippen LogP contribution in [0.1, 0.15) is 81.1 Å². The molecule has 31 heavy (non-hydrogen) atoms. The third-order valence-corrected chi connectivity index (χ3v) is 5.12. The van der Waals surface area contributed by atoms with Crippen LogP contribution >= 0.6 is 0 Å². The summed E-state index contributed by atoms with van der Waals surface area (Å²) in [6.07, 6.45) is 9.65. The standard InChI is InChI=1S/C27H37NO3/c1-3-5-6-7-8-15-21-30-26(28-22-23-17-11-9-12-18-23)25(16-4-2)31-27(29)24-19-13-10-14-20-24/h9-14,17-20,22,25-26H,3-8,15-16,21H2,1-2H3/b28-22+. The van der Waals surface area contributed by atoms with Gasteiger partial charge < -0.3 is 9.47 Å². The van der Waals surface area contributed by atoms with Crippen molar-refractivity contribution in [2.24, 2.45) is 4.99 Å². The highest BCUT2D eigenvalue weighted by molar-refractivity contribution is 5.89. The smallest absolute Gasteiger partial charge is 0.338 e. The molecule has 0 amide bonds. The Morgan fingerprint density at radius 2 is 1.52 bits per heavy atom. The molecular weight excluding hydrogens is 386 g/mol. The third-order valence-electron chi connectivity index (χ3n) is 5.12. The van der Waals surface area contributed by atoms with Crippen LogP contribution in [-0.4, -0.2) is 31.1 Å². The van der Waals surface area contributed by atoms with Crippen LogP contribution < -0.4 is 0 Å². The van der Waals surface area contributed by atoms with Crippen LogP contribution in [0.4, 0.5) is 0 Å². The van der Waals surface area contributed by atoms with Gasteiger partial charge in [-0.2, -0.15) is 0 Å². The molecule has 0 fully saturated rings. The molecule has 168 valence electrons.